The predicted molar refractivity (Wildman–Crippen MR) is 483 cm³/mol. The molecule has 666 valence electrons. The summed E-state index contributed by atoms with van der Waals surface area (Å²) in [6.45, 7) is 46.4. The van der Waals surface area contributed by atoms with Gasteiger partial charge in [0.2, 0.25) is 0 Å². The third-order valence-electron chi connectivity index (χ3n) is 43.4. The molecule has 0 radical (unpaired) electrons. The Hall–Kier alpha value is 2.02. The van der Waals surface area contributed by atoms with E-state index in [0.29, 0.717) is 91.3 Å². The Kier molecular flexibility index (Phi) is 36.0. The molecule has 16 aliphatic rings. The first-order valence-corrected chi connectivity index (χ1v) is 49.0. The molecule has 0 aromatic heterocycles. The average molecular weight is 1790 g/mol. The second-order valence-electron chi connectivity index (χ2n) is 47.1. The fraction of sp³-hybridized carbons (Fsp3) is 0.961. The van der Waals surface area contributed by atoms with Crippen molar-refractivity contribution in [2.45, 2.75) is 429 Å². The molecule has 6 N–H and O–H groups in total. The summed E-state index contributed by atoms with van der Waals surface area (Å²) in [5.41, 5.74) is 1.30. The van der Waals surface area contributed by atoms with Crippen LogP contribution in [-0.2, 0) is 9.59 Å². The third-order valence-corrected chi connectivity index (χ3v) is 43.4. The molecule has 0 aliphatic heterocycles. The molecule has 0 spiro atoms. The number of ketones is 1. The van der Waals surface area contributed by atoms with E-state index in [9.17, 15) is 40.2 Å². The largest absolute Gasteiger partial charge is 2.00 e. The van der Waals surface area contributed by atoms with Crippen LogP contribution in [-0.4, -0.2) is 130 Å². The van der Waals surface area contributed by atoms with Crippen LogP contribution in [0.5, 0.6) is 0 Å². The third kappa shape index (κ3) is 18.8. The van der Waals surface area contributed by atoms with Gasteiger partial charge < -0.3 is 84.2 Å². The normalized spacial score (nSPS) is 50.2. The first-order chi connectivity index (χ1) is 51.9. The van der Waals surface area contributed by atoms with Gasteiger partial charge >= 0.3 is 46.1 Å². The molecule has 38 atom stereocenters. The molecule has 116 heavy (non-hydrogen) atoms. The monoisotopic (exact) mass is 1790 g/mol. The molecule has 16 saturated carbocycles. The van der Waals surface area contributed by atoms with Gasteiger partial charge in [-0.1, -0.05) is 117 Å². The molecule has 8 nitrogen and oxygen atoms in total. The maximum Gasteiger partial charge on any atom is 2.00 e. The zero-order chi connectivity index (χ0) is 81.2. The van der Waals surface area contributed by atoms with Crippen LogP contribution in [0.3, 0.4) is 0 Å². The molecule has 16 rings (SSSR count). The summed E-state index contributed by atoms with van der Waals surface area (Å²) < 4.78 is 6.17. The summed E-state index contributed by atoms with van der Waals surface area (Å²) in [6, 6.07) is 0. The Labute approximate surface area is 772 Å². The summed E-state index contributed by atoms with van der Waals surface area (Å²) in [5.74, 6) is 17.4. The minimum atomic E-state index is -0.572. The topological polar surface area (TPSA) is 156 Å². The van der Waals surface area contributed by atoms with Gasteiger partial charge in [-0.05, 0) is 458 Å². The van der Waals surface area contributed by atoms with Crippen LogP contribution in [0.15, 0.2) is 0 Å². The number of fused-ring (bicyclic) bond motifs is 20. The van der Waals surface area contributed by atoms with Crippen molar-refractivity contribution < 1.29 is 75.6 Å². The number of halogens is 2. The average Bonchev–Trinajstić information content (AvgIpc) is 1.69. The number of hydrogen-bond donors (Lipinski definition) is 6. The number of carbonyl (C=O) groups is 2. The van der Waals surface area contributed by atoms with E-state index < -0.39 is 16.8 Å². The zero-order valence-corrected chi connectivity index (χ0v) is 86.4. The smallest absolute Gasteiger partial charge is 1.00 e. The molecule has 16 fully saturated rings. The van der Waals surface area contributed by atoms with Crippen molar-refractivity contribution in [3.63, 3.8) is 0 Å². The molecule has 0 saturated heterocycles. The van der Waals surface area contributed by atoms with Gasteiger partial charge in [0.25, 0.3) is 0 Å². The molecule has 0 heterocycles. The molecule has 16 aliphatic carbocycles. The fourth-order valence-electron chi connectivity index (χ4n) is 35.3. The van der Waals surface area contributed by atoms with Crippen LogP contribution in [0.4, 0.5) is 0 Å². The number of rotatable bonds is 12. The van der Waals surface area contributed by atoms with Crippen LogP contribution < -0.4 is 34.0 Å². The van der Waals surface area contributed by atoms with Crippen molar-refractivity contribution in [3.05, 3.63) is 14.9 Å². The van der Waals surface area contributed by atoms with Gasteiger partial charge in [-0.25, -0.2) is 0 Å². The van der Waals surface area contributed by atoms with Gasteiger partial charge in [-0.2, -0.15) is 0 Å². The van der Waals surface area contributed by atoms with Gasteiger partial charge in [0, 0.05) is 13.2 Å². The van der Waals surface area contributed by atoms with Gasteiger partial charge in [0.15, 0.2) is 0 Å². The minimum absolute atomic E-state index is 0. The number of hydrogen-bond acceptors (Lipinski definition) is 8. The summed E-state index contributed by atoms with van der Waals surface area (Å²) in [5, 5.41) is 64.8. The van der Waals surface area contributed by atoms with Gasteiger partial charge in [-0.3, -0.25) is 4.79 Å². The first-order valence-electron chi connectivity index (χ1n) is 48.9. The van der Waals surface area contributed by atoms with E-state index in [2.05, 4.69) is 120 Å². The van der Waals surface area contributed by atoms with Crippen molar-refractivity contribution in [1.82, 2.24) is 0 Å². The predicted octanol–water partition coefficient (Wildman–Crippen LogP) is 18.3. The van der Waals surface area contributed by atoms with E-state index in [1.165, 1.54) is 186 Å². The first kappa shape index (κ1) is 105. The van der Waals surface area contributed by atoms with Crippen molar-refractivity contribution >= 4 is 67.4 Å². The number of Topliss-reactive ketones (excluding diaryl/α,β-unsaturated/α-hetero) is 1. The van der Waals surface area contributed by atoms with Gasteiger partial charge in [0.05, 0.1) is 34.1 Å². The molecule has 13 heteroatoms. The maximum absolute atomic E-state index is 12.1. The Morgan fingerprint density at radius 3 is 0.905 bits per heavy atom. The summed E-state index contributed by atoms with van der Waals surface area (Å²) in [4.78, 5) is 23.6. The number of carbonyl (C=O) groups excluding carboxylic acids is 2. The summed E-state index contributed by atoms with van der Waals surface area (Å²) >= 11 is 0. The Bertz CT molecular complexity index is 3180. The Morgan fingerprint density at radius 2 is 0.647 bits per heavy atom. The van der Waals surface area contributed by atoms with E-state index in [4.69, 9.17) is 1.37 Å². The van der Waals surface area contributed by atoms with Crippen LogP contribution in [0.1, 0.15) is 397 Å². The van der Waals surface area contributed by atoms with Crippen LogP contribution in [0, 0.1) is 200 Å². The van der Waals surface area contributed by atoms with Crippen LogP contribution in [0.25, 0.3) is 0 Å². The zero-order valence-electron chi connectivity index (χ0n) is 80.2. The van der Waals surface area contributed by atoms with Crippen molar-refractivity contribution in [3.8, 4) is 0 Å². The molecular weight excluding hydrogens is 1600 g/mol. The van der Waals surface area contributed by atoms with Crippen molar-refractivity contribution in [2.24, 2.45) is 185 Å². The van der Waals surface area contributed by atoms with Crippen LogP contribution >= 0.6 is 9.24 Å². The number of aldehydes is 1. The number of aliphatic hydroxyl groups is 6. The van der Waals surface area contributed by atoms with E-state index in [1.54, 1.807) is 6.92 Å². The van der Waals surface area contributed by atoms with E-state index >= 15 is 0 Å². The van der Waals surface area contributed by atoms with Crippen molar-refractivity contribution in [2.75, 3.05) is 6.64 Å². The molecule has 0 bridgehead atoms. The van der Waals surface area contributed by atoms with Crippen molar-refractivity contribution in [1.29, 1.82) is 0 Å². The molecule has 0 amide bonds. The summed E-state index contributed by atoms with van der Waals surface area (Å²) in [6.07, 6.45) is 50.1. The van der Waals surface area contributed by atoms with E-state index in [1.807, 2.05) is 20.8 Å². The molecular formula is C103H183Br2Mg2O8P. The Morgan fingerprint density at radius 1 is 0.405 bits per heavy atom. The van der Waals surface area contributed by atoms with Crippen LogP contribution in [0.2, 0.25) is 0 Å². The van der Waals surface area contributed by atoms with Gasteiger partial charge in [0.1, 0.15) is 12.1 Å². The van der Waals surface area contributed by atoms with Gasteiger partial charge in [-0.15, -0.1) is 9.24 Å². The number of aliphatic hydroxyl groups excluding tert-OH is 1. The van der Waals surface area contributed by atoms with E-state index in [0.717, 1.165) is 172 Å². The fourth-order valence-corrected chi connectivity index (χ4v) is 35.3. The summed E-state index contributed by atoms with van der Waals surface area (Å²) in [7, 11) is 2.25. The SMILES string of the molecule is CC[C@]1(O)CC[C@@]2(C)[C@@H](CC[C@@H]3[C@@H]2CC[C@]2(C)[C@@H]([C@H](C)C(C)(C)O)CC[C@@H]32)C1.CC[C@]1(O)CC[C@@]2(C)[C@@H](CC[C@@H]3[C@@H]2CC[C@]2(C)[C@@H]([C@H](C)C(C)=O)CC[C@@H]32)C1.CC[C@]1(O)CC[C@@]2(C)[C@@H](CC[C@@H]3[C@@H]2CC[C@]2(C)[C@@H]([C@H](C)C(C)O)CC[C@@H]32)C1.CC[C@]1(O)CC[C@@]2(C)[C@@H](CC[C@@H]3[C@@H]2CC[C@]2(C)[C@@H]([C@H](C)C=O)CC[C@@H]32)C1.[2H]CP.[Br-].[Br-].[CH3-].[CH3-].[Mg+2].[Mg+2]. The Balaban J connectivity index is 0.000000235. The second-order valence-corrected chi connectivity index (χ2v) is 47.1. The molecule has 0 aromatic carbocycles. The molecule has 0 aromatic rings. The minimum Gasteiger partial charge on any atom is -1.00 e. The maximum atomic E-state index is 12.1. The standard InChI is InChI=1S/C26H46O2.C25H44O2.C25H42O2.C24H40O2.CH5P.2CH3.2BrH.2Mg/c1-7-26(28)15-14-24(5)18(16-26)8-9-19-21-11-10-20(17(2)23(3,4)27)25(21,6)13-12-22(19)24;2*1-6-25(27)14-13-23(4)18(15-25)7-8-19-21-10-9-20(16(2)17(3)26)24(21,5)12-11-22(19)23;1-5-24(26)13-12-22(3)17(14-24)6-7-18-20-9-8-19(16(2)15-25)23(20,4)11-10-21(18)22;1-2;;;;;;/h17-22,27-28H,7-16H2,1-6H3;16-22,26-27H,6-15H2,1-5H3;16,18-22,27H,6-15H2,1-5H3;15-21,26H,5-14H2,1-4H3;2H2,1H3;2*1H3;2*1H;;/q;;;;;2*-1;;;2*+2/p-2/t17-,18-,19-,20+,21-,22-,24-,25+,26-;16-,17?,18+,19+,20-,21+,22+,23+,24-,25+;16-,18+,19+,20-,21+,22+,23+,24-,25+;16-,17+,18+,19-,20+,21+,22+,23-,24+;;;;;;;/m0111......./s1/i;;;;1D;;;;;;. The molecule has 2 unspecified atom stereocenters. The van der Waals surface area contributed by atoms with E-state index in [-0.39, 0.29) is 124 Å². The quantitative estimate of drug-likeness (QED) is 0.0488. The second kappa shape index (κ2) is 39.8.